The SMILES string of the molecule is CCn1c(N2CCCC(C)C2)c(/C=C2/SC(=S)N(Cc3ccccc3)C2=O)c(C)c(C#N)c1=O. The van der Waals surface area contributed by atoms with Crippen LogP contribution in [0.4, 0.5) is 5.82 Å². The molecule has 1 aromatic carbocycles. The van der Waals surface area contributed by atoms with Crippen molar-refractivity contribution in [2.45, 2.75) is 46.7 Å². The number of carbonyl (C=O) groups excluding carboxylic acids is 1. The summed E-state index contributed by atoms with van der Waals surface area (Å²) in [5.41, 5.74) is 2.22. The second-order valence-electron chi connectivity index (χ2n) is 8.85. The molecule has 0 bridgehead atoms. The Hall–Kier alpha value is -2.89. The number of nitrogens with zero attached hydrogens (tertiary/aromatic N) is 4. The summed E-state index contributed by atoms with van der Waals surface area (Å²) in [4.78, 5) is 30.9. The van der Waals surface area contributed by atoms with E-state index in [4.69, 9.17) is 12.2 Å². The molecule has 1 aromatic heterocycles. The van der Waals surface area contributed by atoms with Crippen LogP contribution < -0.4 is 10.5 Å². The molecule has 2 aromatic rings. The van der Waals surface area contributed by atoms with Gasteiger partial charge in [-0.05, 0) is 49.8 Å². The van der Waals surface area contributed by atoms with E-state index in [1.807, 2.05) is 43.3 Å². The Bertz CT molecular complexity index is 1260. The molecule has 0 aliphatic carbocycles. The van der Waals surface area contributed by atoms with Crippen LogP contribution in [-0.2, 0) is 17.9 Å². The van der Waals surface area contributed by atoms with E-state index in [0.29, 0.717) is 33.8 Å². The Morgan fingerprint density at radius 3 is 2.65 bits per heavy atom. The summed E-state index contributed by atoms with van der Waals surface area (Å²) in [5.74, 6) is 1.15. The predicted octanol–water partition coefficient (Wildman–Crippen LogP) is 4.69. The fourth-order valence-corrected chi connectivity index (χ4v) is 5.93. The third-order valence-corrected chi connectivity index (χ3v) is 7.83. The van der Waals surface area contributed by atoms with Crippen molar-refractivity contribution < 1.29 is 4.79 Å². The largest absolute Gasteiger partial charge is 0.357 e. The quantitative estimate of drug-likeness (QED) is 0.446. The lowest BCUT2D eigenvalue weighted by molar-refractivity contribution is -0.122. The lowest BCUT2D eigenvalue weighted by Gasteiger charge is -2.35. The molecule has 34 heavy (non-hydrogen) atoms. The summed E-state index contributed by atoms with van der Waals surface area (Å²) < 4.78 is 2.19. The van der Waals surface area contributed by atoms with Gasteiger partial charge in [-0.1, -0.05) is 61.2 Å². The van der Waals surface area contributed by atoms with Crippen molar-refractivity contribution in [2.75, 3.05) is 18.0 Å². The summed E-state index contributed by atoms with van der Waals surface area (Å²) >= 11 is 6.82. The molecule has 1 unspecified atom stereocenters. The number of carbonyl (C=O) groups is 1. The number of hydrogen-bond acceptors (Lipinski definition) is 6. The molecule has 0 radical (unpaired) electrons. The highest BCUT2D eigenvalue weighted by Gasteiger charge is 2.33. The van der Waals surface area contributed by atoms with Crippen LogP contribution in [0.3, 0.4) is 0 Å². The highest BCUT2D eigenvalue weighted by molar-refractivity contribution is 8.26. The van der Waals surface area contributed by atoms with Gasteiger partial charge >= 0.3 is 0 Å². The second kappa shape index (κ2) is 10.2. The number of benzene rings is 1. The van der Waals surface area contributed by atoms with E-state index < -0.39 is 0 Å². The zero-order valence-electron chi connectivity index (χ0n) is 19.7. The van der Waals surface area contributed by atoms with E-state index in [1.54, 1.807) is 16.4 Å². The van der Waals surface area contributed by atoms with Gasteiger partial charge in [0, 0.05) is 25.2 Å². The lowest BCUT2D eigenvalue weighted by atomic mass is 9.98. The first-order valence-electron chi connectivity index (χ1n) is 11.6. The van der Waals surface area contributed by atoms with Crippen LogP contribution in [0.15, 0.2) is 40.0 Å². The number of aromatic nitrogens is 1. The molecule has 2 saturated heterocycles. The fraction of sp³-hybridized carbons (Fsp3) is 0.385. The highest BCUT2D eigenvalue weighted by atomic mass is 32.2. The minimum Gasteiger partial charge on any atom is -0.357 e. The fourth-order valence-electron chi connectivity index (χ4n) is 4.69. The monoisotopic (exact) mass is 492 g/mol. The van der Waals surface area contributed by atoms with Gasteiger partial charge < -0.3 is 4.90 Å². The Morgan fingerprint density at radius 1 is 1.26 bits per heavy atom. The number of piperidine rings is 1. The average molecular weight is 493 g/mol. The number of thioether (sulfide) groups is 1. The van der Waals surface area contributed by atoms with Crippen molar-refractivity contribution in [1.29, 1.82) is 5.26 Å². The molecule has 1 atom stereocenters. The number of amides is 1. The molecule has 176 valence electrons. The van der Waals surface area contributed by atoms with Crippen molar-refractivity contribution in [2.24, 2.45) is 5.92 Å². The molecule has 2 fully saturated rings. The van der Waals surface area contributed by atoms with E-state index in [9.17, 15) is 14.9 Å². The Kier molecular flexibility index (Phi) is 7.24. The van der Waals surface area contributed by atoms with Crippen LogP contribution in [0.25, 0.3) is 6.08 Å². The Balaban J connectivity index is 1.82. The standard InChI is InChI=1S/C26H28N4O2S2/c1-4-29-23(28-12-8-9-17(2)15-28)20(18(3)21(14-27)24(29)31)13-22-25(32)30(26(33)34-22)16-19-10-6-5-7-11-19/h5-7,10-11,13,17H,4,8-9,12,15-16H2,1-3H3/b22-13+. The molecule has 8 heteroatoms. The van der Waals surface area contributed by atoms with Gasteiger partial charge in [-0.3, -0.25) is 19.1 Å². The molecule has 0 spiro atoms. The smallest absolute Gasteiger partial charge is 0.270 e. The molecule has 1 amide bonds. The molecule has 3 heterocycles. The maximum absolute atomic E-state index is 13.4. The first kappa shape index (κ1) is 24.2. The van der Waals surface area contributed by atoms with Crippen LogP contribution in [0.2, 0.25) is 0 Å². The van der Waals surface area contributed by atoms with Crippen molar-refractivity contribution in [3.63, 3.8) is 0 Å². The molecule has 6 nitrogen and oxygen atoms in total. The number of rotatable bonds is 5. The van der Waals surface area contributed by atoms with E-state index in [-0.39, 0.29) is 17.0 Å². The molecule has 0 saturated carbocycles. The van der Waals surface area contributed by atoms with Gasteiger partial charge in [-0.15, -0.1) is 0 Å². The van der Waals surface area contributed by atoms with E-state index >= 15 is 0 Å². The van der Waals surface area contributed by atoms with E-state index in [2.05, 4.69) is 17.9 Å². The first-order chi connectivity index (χ1) is 16.3. The average Bonchev–Trinajstić information content (AvgIpc) is 3.09. The molecule has 4 rings (SSSR count). The molecular formula is C26H28N4O2S2. The van der Waals surface area contributed by atoms with Gasteiger partial charge in [-0.2, -0.15) is 5.26 Å². The maximum Gasteiger partial charge on any atom is 0.270 e. The second-order valence-corrected chi connectivity index (χ2v) is 10.5. The van der Waals surface area contributed by atoms with Gasteiger partial charge in [0.25, 0.3) is 11.5 Å². The first-order valence-corrected chi connectivity index (χ1v) is 12.8. The zero-order chi connectivity index (χ0) is 24.4. The van der Waals surface area contributed by atoms with E-state index in [1.165, 1.54) is 11.8 Å². The number of nitriles is 1. The Labute approximate surface area is 209 Å². The van der Waals surface area contributed by atoms with Gasteiger partial charge in [-0.25, -0.2) is 0 Å². The molecular weight excluding hydrogens is 464 g/mol. The van der Waals surface area contributed by atoms with Crippen LogP contribution in [0.5, 0.6) is 0 Å². The summed E-state index contributed by atoms with van der Waals surface area (Å²) in [6.45, 7) is 8.46. The topological polar surface area (TPSA) is 69.3 Å². The van der Waals surface area contributed by atoms with E-state index in [0.717, 1.165) is 42.9 Å². The predicted molar refractivity (Wildman–Crippen MR) is 142 cm³/mol. The number of hydrogen-bond donors (Lipinski definition) is 0. The minimum absolute atomic E-state index is 0.127. The van der Waals surface area contributed by atoms with Crippen LogP contribution in [-0.4, -0.2) is 32.8 Å². The number of anilines is 1. The Morgan fingerprint density at radius 2 is 2.00 bits per heavy atom. The highest BCUT2D eigenvalue weighted by Crippen LogP contribution is 2.37. The summed E-state index contributed by atoms with van der Waals surface area (Å²) in [6.07, 6.45) is 4.02. The lowest BCUT2D eigenvalue weighted by Crippen LogP contribution is -2.40. The van der Waals surface area contributed by atoms with Gasteiger partial charge in [0.1, 0.15) is 21.8 Å². The summed E-state index contributed by atoms with van der Waals surface area (Å²) in [5, 5.41) is 9.75. The normalized spacial score (nSPS) is 19.7. The maximum atomic E-state index is 13.4. The minimum atomic E-state index is -0.274. The zero-order valence-corrected chi connectivity index (χ0v) is 21.3. The molecule has 0 N–H and O–H groups in total. The van der Waals surface area contributed by atoms with Crippen LogP contribution >= 0.6 is 24.0 Å². The molecule has 2 aliphatic rings. The summed E-state index contributed by atoms with van der Waals surface area (Å²) in [7, 11) is 0. The third kappa shape index (κ3) is 4.55. The van der Waals surface area contributed by atoms with Crippen molar-refractivity contribution >= 4 is 46.1 Å². The van der Waals surface area contributed by atoms with Crippen LogP contribution in [0, 0.1) is 24.2 Å². The van der Waals surface area contributed by atoms with Crippen molar-refractivity contribution in [3.8, 4) is 6.07 Å². The van der Waals surface area contributed by atoms with Crippen molar-refractivity contribution in [1.82, 2.24) is 9.47 Å². The van der Waals surface area contributed by atoms with Gasteiger partial charge in [0.05, 0.1) is 11.4 Å². The van der Waals surface area contributed by atoms with Gasteiger partial charge in [0.15, 0.2) is 0 Å². The number of pyridine rings is 1. The van der Waals surface area contributed by atoms with Gasteiger partial charge in [0.2, 0.25) is 0 Å². The van der Waals surface area contributed by atoms with Crippen molar-refractivity contribution in [3.05, 3.63) is 67.8 Å². The third-order valence-electron chi connectivity index (χ3n) is 6.45. The number of thiocarbonyl (C=S) groups is 1. The van der Waals surface area contributed by atoms with Crippen LogP contribution in [0.1, 0.15) is 48.9 Å². The summed E-state index contributed by atoms with van der Waals surface area (Å²) in [6, 6.07) is 11.9. The molecule has 2 aliphatic heterocycles.